The minimum Gasteiger partial charge on any atom is -0.460 e. The number of ether oxygens (including phenoxy) is 1. The summed E-state index contributed by atoms with van der Waals surface area (Å²) in [6.07, 6.45) is 22.2. The lowest BCUT2D eigenvalue weighted by molar-refractivity contribution is -0.142. The predicted octanol–water partition coefficient (Wildman–Crippen LogP) is 3.69. The summed E-state index contributed by atoms with van der Waals surface area (Å²) in [7, 11) is 0. The zero-order valence-corrected chi connectivity index (χ0v) is 17.1. The number of hydrogen-bond acceptors (Lipinski definition) is 5. The van der Waals surface area contributed by atoms with Gasteiger partial charge in [-0.3, -0.25) is 0 Å². The standard InChI is InChI=1S/C24H34O5/c1-20-13-7-3-2-4-8-16-22(26)19-23(27)17-11-5-9-14-21(25)15-10-6-12-18-24(28)29-20/h2,4-6,8-12,14,16,18,20-23,25-27H,3,7,13,15,17,19H2,1H3/b4-2+,10-6-,11-5+,14-9+,16-8+,18-12+/t20-,21-,22+,23+/m1/s1. The first-order chi connectivity index (χ1) is 14.0. The molecule has 0 aromatic carbocycles. The Labute approximate surface area is 174 Å². The van der Waals surface area contributed by atoms with Crippen LogP contribution in [0.15, 0.2) is 72.9 Å². The minimum absolute atomic E-state index is 0.158. The summed E-state index contributed by atoms with van der Waals surface area (Å²) in [6, 6.07) is 0. The van der Waals surface area contributed by atoms with Gasteiger partial charge in [-0.05, 0) is 39.0 Å². The Kier molecular flexibility index (Phi) is 13.4. The van der Waals surface area contributed by atoms with Gasteiger partial charge in [0.2, 0.25) is 0 Å². The number of esters is 1. The number of rotatable bonds is 0. The second-order valence-electron chi connectivity index (χ2n) is 7.09. The number of cyclic esters (lactones) is 1. The smallest absolute Gasteiger partial charge is 0.331 e. The largest absolute Gasteiger partial charge is 0.460 e. The molecule has 0 fully saturated rings. The Morgan fingerprint density at radius 3 is 2.31 bits per heavy atom. The van der Waals surface area contributed by atoms with Crippen molar-refractivity contribution < 1.29 is 24.9 Å². The van der Waals surface area contributed by atoms with Crippen LogP contribution in [0.5, 0.6) is 0 Å². The van der Waals surface area contributed by atoms with E-state index in [0.717, 1.165) is 19.3 Å². The number of carbonyl (C=O) groups is 1. The molecular weight excluding hydrogens is 368 g/mol. The molecule has 1 rings (SSSR count). The van der Waals surface area contributed by atoms with Gasteiger partial charge in [0.05, 0.1) is 24.4 Å². The lowest BCUT2D eigenvalue weighted by Gasteiger charge is -2.10. The molecule has 0 spiro atoms. The Balaban J connectivity index is 2.66. The lowest BCUT2D eigenvalue weighted by atomic mass is 10.1. The summed E-state index contributed by atoms with van der Waals surface area (Å²) in [5.74, 6) is -0.378. The highest BCUT2D eigenvalue weighted by Gasteiger charge is 2.07. The molecule has 3 N–H and O–H groups in total. The van der Waals surface area contributed by atoms with Gasteiger partial charge in [0.1, 0.15) is 0 Å². The molecule has 5 heteroatoms. The number of allylic oxidation sites excluding steroid dienone is 7. The maximum atomic E-state index is 11.7. The molecule has 0 aromatic rings. The van der Waals surface area contributed by atoms with Crippen LogP contribution >= 0.6 is 0 Å². The van der Waals surface area contributed by atoms with Crippen LogP contribution < -0.4 is 0 Å². The molecule has 0 aliphatic carbocycles. The molecule has 0 saturated heterocycles. The first-order valence-corrected chi connectivity index (χ1v) is 10.2. The fraction of sp³-hybridized carbons (Fsp3) is 0.458. The topological polar surface area (TPSA) is 87.0 Å². The van der Waals surface area contributed by atoms with E-state index >= 15 is 0 Å². The Hall–Kier alpha value is -2.21. The summed E-state index contributed by atoms with van der Waals surface area (Å²) in [4.78, 5) is 11.7. The van der Waals surface area contributed by atoms with Gasteiger partial charge in [0, 0.05) is 12.5 Å². The van der Waals surface area contributed by atoms with E-state index in [1.807, 2.05) is 19.1 Å². The number of hydrogen-bond donors (Lipinski definition) is 3. The van der Waals surface area contributed by atoms with Crippen LogP contribution in [0, 0.1) is 0 Å². The Morgan fingerprint density at radius 2 is 1.52 bits per heavy atom. The first-order valence-electron chi connectivity index (χ1n) is 10.2. The third-order valence-corrected chi connectivity index (χ3v) is 4.24. The van der Waals surface area contributed by atoms with E-state index in [4.69, 9.17) is 4.74 Å². The van der Waals surface area contributed by atoms with Gasteiger partial charge < -0.3 is 20.1 Å². The SMILES string of the molecule is C[C@@H]1CCC/C=C/C=C/[C@H](O)C[C@@H](O)C/C=C/C=C/[C@@H](O)C/C=C\C=C\C(=O)O1. The van der Waals surface area contributed by atoms with E-state index < -0.39 is 18.3 Å². The second-order valence-corrected chi connectivity index (χ2v) is 7.09. The summed E-state index contributed by atoms with van der Waals surface area (Å²) in [6.45, 7) is 1.87. The molecule has 4 atom stereocenters. The molecule has 0 aromatic heterocycles. The maximum absolute atomic E-state index is 11.7. The van der Waals surface area contributed by atoms with E-state index in [1.54, 1.807) is 54.7 Å². The van der Waals surface area contributed by atoms with Crippen LogP contribution in [-0.2, 0) is 9.53 Å². The summed E-state index contributed by atoms with van der Waals surface area (Å²) in [5, 5.41) is 29.8. The number of aliphatic hydroxyl groups excluding tert-OH is 3. The van der Waals surface area contributed by atoms with Crippen LogP contribution in [0.2, 0.25) is 0 Å². The van der Waals surface area contributed by atoms with Gasteiger partial charge in [0.25, 0.3) is 0 Å². The highest BCUT2D eigenvalue weighted by Crippen LogP contribution is 2.08. The summed E-state index contributed by atoms with van der Waals surface area (Å²) < 4.78 is 5.31. The van der Waals surface area contributed by atoms with Gasteiger partial charge in [-0.1, -0.05) is 66.8 Å². The first kappa shape index (κ1) is 24.8. The van der Waals surface area contributed by atoms with Crippen molar-refractivity contribution >= 4 is 5.97 Å². The van der Waals surface area contributed by atoms with Gasteiger partial charge >= 0.3 is 5.97 Å². The molecule has 0 saturated carbocycles. The third-order valence-electron chi connectivity index (χ3n) is 4.24. The quantitative estimate of drug-likeness (QED) is 0.538. The molecule has 1 heterocycles. The van der Waals surface area contributed by atoms with Crippen molar-refractivity contribution in [2.45, 2.75) is 69.9 Å². The van der Waals surface area contributed by atoms with Crippen LogP contribution in [0.25, 0.3) is 0 Å². The predicted molar refractivity (Wildman–Crippen MR) is 116 cm³/mol. The molecule has 0 radical (unpaired) electrons. The average Bonchev–Trinajstić information content (AvgIpc) is 2.65. The molecule has 0 amide bonds. The lowest BCUT2D eigenvalue weighted by Crippen LogP contribution is -2.14. The van der Waals surface area contributed by atoms with Crippen molar-refractivity contribution in [3.63, 3.8) is 0 Å². The molecule has 29 heavy (non-hydrogen) atoms. The fourth-order valence-corrected chi connectivity index (χ4v) is 2.66. The molecule has 0 unspecified atom stereocenters. The fourth-order valence-electron chi connectivity index (χ4n) is 2.66. The average molecular weight is 403 g/mol. The molecule has 1 aliphatic heterocycles. The molecular formula is C24H34O5. The van der Waals surface area contributed by atoms with Crippen LogP contribution in [0.1, 0.15) is 45.4 Å². The zero-order chi connectivity index (χ0) is 21.3. The molecule has 1 aliphatic rings. The molecule has 160 valence electrons. The highest BCUT2D eigenvalue weighted by atomic mass is 16.5. The van der Waals surface area contributed by atoms with Crippen LogP contribution in [0.4, 0.5) is 0 Å². The molecule has 0 bridgehead atoms. The second kappa shape index (κ2) is 15.7. The van der Waals surface area contributed by atoms with E-state index in [1.165, 1.54) is 6.08 Å². The Bertz CT molecular complexity index is 627. The Morgan fingerprint density at radius 1 is 0.862 bits per heavy atom. The van der Waals surface area contributed by atoms with E-state index in [-0.39, 0.29) is 18.5 Å². The van der Waals surface area contributed by atoms with Crippen molar-refractivity contribution in [2.24, 2.45) is 0 Å². The monoisotopic (exact) mass is 402 g/mol. The van der Waals surface area contributed by atoms with Crippen molar-refractivity contribution in [1.29, 1.82) is 0 Å². The van der Waals surface area contributed by atoms with Crippen molar-refractivity contribution in [1.82, 2.24) is 0 Å². The highest BCUT2D eigenvalue weighted by molar-refractivity contribution is 5.82. The van der Waals surface area contributed by atoms with Gasteiger partial charge in [-0.2, -0.15) is 0 Å². The minimum atomic E-state index is -0.703. The van der Waals surface area contributed by atoms with E-state index in [9.17, 15) is 20.1 Å². The van der Waals surface area contributed by atoms with E-state index in [2.05, 4.69) is 0 Å². The van der Waals surface area contributed by atoms with Gasteiger partial charge in [-0.15, -0.1) is 0 Å². The van der Waals surface area contributed by atoms with E-state index in [0.29, 0.717) is 12.8 Å². The van der Waals surface area contributed by atoms with Crippen molar-refractivity contribution in [3.8, 4) is 0 Å². The van der Waals surface area contributed by atoms with Gasteiger partial charge in [0.15, 0.2) is 0 Å². The van der Waals surface area contributed by atoms with Crippen LogP contribution in [0.3, 0.4) is 0 Å². The normalized spacial score (nSPS) is 35.4. The molecule has 5 nitrogen and oxygen atoms in total. The zero-order valence-electron chi connectivity index (χ0n) is 17.1. The summed E-state index contributed by atoms with van der Waals surface area (Å²) in [5.41, 5.74) is 0. The van der Waals surface area contributed by atoms with Crippen molar-refractivity contribution in [2.75, 3.05) is 0 Å². The van der Waals surface area contributed by atoms with Crippen molar-refractivity contribution in [3.05, 3.63) is 72.9 Å². The summed E-state index contributed by atoms with van der Waals surface area (Å²) >= 11 is 0. The number of aliphatic hydroxyl groups is 3. The maximum Gasteiger partial charge on any atom is 0.331 e. The number of carbonyl (C=O) groups excluding carboxylic acids is 1. The van der Waals surface area contributed by atoms with Gasteiger partial charge in [-0.25, -0.2) is 4.79 Å². The van der Waals surface area contributed by atoms with Crippen LogP contribution in [-0.4, -0.2) is 45.7 Å². The third kappa shape index (κ3) is 14.4.